The second-order valence-corrected chi connectivity index (χ2v) is 10.5. The summed E-state index contributed by atoms with van der Waals surface area (Å²) in [5.41, 5.74) is 0. The molecular formula is C26H45N3O6. The van der Waals surface area contributed by atoms with E-state index in [1.54, 1.807) is 0 Å². The van der Waals surface area contributed by atoms with Crippen molar-refractivity contribution in [2.75, 3.05) is 52.6 Å². The van der Waals surface area contributed by atoms with Crippen LogP contribution >= 0.6 is 0 Å². The van der Waals surface area contributed by atoms with Gasteiger partial charge in [-0.1, -0.05) is 0 Å². The van der Waals surface area contributed by atoms with Crippen molar-refractivity contribution in [1.29, 1.82) is 0 Å². The molecule has 200 valence electrons. The Balaban J connectivity index is 0.00000108. The summed E-state index contributed by atoms with van der Waals surface area (Å²) < 4.78 is 10.9. The van der Waals surface area contributed by atoms with E-state index in [1.807, 2.05) is 0 Å². The van der Waals surface area contributed by atoms with Crippen LogP contribution in [0.1, 0.15) is 64.7 Å². The highest BCUT2D eigenvalue weighted by atomic mass is 16.5. The van der Waals surface area contributed by atoms with Crippen molar-refractivity contribution in [3.05, 3.63) is 0 Å². The second-order valence-electron chi connectivity index (χ2n) is 10.5. The van der Waals surface area contributed by atoms with E-state index in [4.69, 9.17) is 19.4 Å². The maximum Gasteiger partial charge on any atom is 0.290 e. The van der Waals surface area contributed by atoms with Gasteiger partial charge in [-0.05, 0) is 83.2 Å². The monoisotopic (exact) mass is 495 g/mol. The molecule has 0 aromatic carbocycles. The number of carbonyl (C=O) groups is 3. The van der Waals surface area contributed by atoms with E-state index in [0.29, 0.717) is 30.2 Å². The Kier molecular flexibility index (Phi) is 11.7. The number of carboxylic acid groups (broad SMARTS) is 1. The molecule has 0 aliphatic carbocycles. The van der Waals surface area contributed by atoms with Gasteiger partial charge in [0.15, 0.2) is 0 Å². The van der Waals surface area contributed by atoms with Gasteiger partial charge in [-0.25, -0.2) is 0 Å². The van der Waals surface area contributed by atoms with Crippen LogP contribution in [-0.4, -0.2) is 97.9 Å². The van der Waals surface area contributed by atoms with Gasteiger partial charge >= 0.3 is 0 Å². The van der Waals surface area contributed by atoms with Crippen molar-refractivity contribution in [2.45, 2.75) is 76.8 Å². The molecule has 4 fully saturated rings. The number of hydrogen-bond donors (Lipinski definition) is 2. The first-order chi connectivity index (χ1) is 17.0. The van der Waals surface area contributed by atoms with Gasteiger partial charge < -0.3 is 29.7 Å². The smallest absolute Gasteiger partial charge is 0.290 e. The van der Waals surface area contributed by atoms with Crippen LogP contribution in [0, 0.1) is 17.8 Å². The van der Waals surface area contributed by atoms with Crippen molar-refractivity contribution < 1.29 is 29.0 Å². The normalized spacial score (nSPS) is 24.8. The third-order valence-corrected chi connectivity index (χ3v) is 8.38. The number of likely N-dealkylation sites (tertiary alicyclic amines) is 2. The molecule has 2 amide bonds. The quantitative estimate of drug-likeness (QED) is 0.544. The lowest BCUT2D eigenvalue weighted by molar-refractivity contribution is -0.135. The van der Waals surface area contributed by atoms with Crippen LogP contribution < -0.4 is 5.32 Å². The first kappa shape index (κ1) is 27.9. The molecule has 35 heavy (non-hydrogen) atoms. The van der Waals surface area contributed by atoms with Gasteiger partial charge in [-0.15, -0.1) is 0 Å². The number of piperidine rings is 2. The van der Waals surface area contributed by atoms with Crippen molar-refractivity contribution >= 4 is 18.3 Å². The summed E-state index contributed by atoms with van der Waals surface area (Å²) in [7, 11) is 0. The van der Waals surface area contributed by atoms with Crippen molar-refractivity contribution in [1.82, 2.24) is 15.1 Å². The van der Waals surface area contributed by atoms with E-state index in [-0.39, 0.29) is 24.3 Å². The molecule has 0 aromatic rings. The molecule has 4 heterocycles. The molecule has 4 saturated heterocycles. The highest BCUT2D eigenvalue weighted by Gasteiger charge is 2.33. The molecule has 0 bridgehead atoms. The summed E-state index contributed by atoms with van der Waals surface area (Å²) in [6, 6.07) is 0.805. The lowest BCUT2D eigenvalue weighted by atomic mass is 9.90. The molecular weight excluding hydrogens is 450 g/mol. The Bertz CT molecular complexity index is 649. The number of nitrogens with zero attached hydrogens (tertiary/aromatic N) is 2. The van der Waals surface area contributed by atoms with Gasteiger partial charge in [0.1, 0.15) is 0 Å². The fraction of sp³-hybridized carbons (Fsp3) is 0.885. The molecule has 9 heteroatoms. The topological polar surface area (TPSA) is 108 Å². The molecule has 1 atom stereocenters. The van der Waals surface area contributed by atoms with E-state index in [1.165, 1.54) is 0 Å². The fourth-order valence-corrected chi connectivity index (χ4v) is 6.01. The number of hydrogen-bond acceptors (Lipinski definition) is 6. The summed E-state index contributed by atoms with van der Waals surface area (Å²) >= 11 is 0. The van der Waals surface area contributed by atoms with Crippen molar-refractivity contribution in [3.63, 3.8) is 0 Å². The Hall–Kier alpha value is -1.71. The third-order valence-electron chi connectivity index (χ3n) is 8.38. The minimum atomic E-state index is -0.250. The molecule has 0 spiro atoms. The van der Waals surface area contributed by atoms with Gasteiger partial charge in [0.2, 0.25) is 11.8 Å². The summed E-state index contributed by atoms with van der Waals surface area (Å²) in [4.78, 5) is 38.5. The van der Waals surface area contributed by atoms with Crippen molar-refractivity contribution in [2.24, 2.45) is 17.8 Å². The number of ether oxygens (including phenoxy) is 2. The molecule has 4 aliphatic rings. The molecule has 4 rings (SSSR count). The van der Waals surface area contributed by atoms with E-state index in [0.717, 1.165) is 104 Å². The van der Waals surface area contributed by atoms with E-state index >= 15 is 0 Å². The zero-order valence-electron chi connectivity index (χ0n) is 21.4. The van der Waals surface area contributed by atoms with Crippen LogP contribution in [0.3, 0.4) is 0 Å². The average molecular weight is 496 g/mol. The first-order valence-electron chi connectivity index (χ1n) is 13.6. The Labute approximate surface area is 209 Å². The molecule has 2 N–H and O–H groups in total. The predicted molar refractivity (Wildman–Crippen MR) is 132 cm³/mol. The minimum Gasteiger partial charge on any atom is -0.483 e. The van der Waals surface area contributed by atoms with Crippen LogP contribution in [0.5, 0.6) is 0 Å². The molecule has 0 radical (unpaired) electrons. The summed E-state index contributed by atoms with van der Waals surface area (Å²) in [6.45, 7) is 8.94. The second kappa shape index (κ2) is 14.8. The minimum absolute atomic E-state index is 0.148. The molecule has 1 unspecified atom stereocenters. The lowest BCUT2D eigenvalue weighted by Crippen LogP contribution is -2.51. The van der Waals surface area contributed by atoms with Gasteiger partial charge in [-0.2, -0.15) is 0 Å². The molecule has 0 saturated carbocycles. The number of amides is 2. The van der Waals surface area contributed by atoms with Crippen LogP contribution in [-0.2, 0) is 23.9 Å². The first-order valence-corrected chi connectivity index (χ1v) is 13.6. The van der Waals surface area contributed by atoms with Gasteiger partial charge in [0.25, 0.3) is 6.47 Å². The summed E-state index contributed by atoms with van der Waals surface area (Å²) in [5.74, 6) is 1.79. The Morgan fingerprint density at radius 1 is 0.914 bits per heavy atom. The van der Waals surface area contributed by atoms with Gasteiger partial charge in [0.05, 0.1) is 0 Å². The lowest BCUT2D eigenvalue weighted by Gasteiger charge is -2.42. The highest BCUT2D eigenvalue weighted by Crippen LogP contribution is 2.26. The average Bonchev–Trinajstić information content (AvgIpc) is 2.90. The van der Waals surface area contributed by atoms with Gasteiger partial charge in [-0.3, -0.25) is 14.4 Å². The van der Waals surface area contributed by atoms with E-state index in [9.17, 15) is 9.59 Å². The standard InChI is InChI=1S/C25H43N3O4.CH2O2/c1-19(21-8-16-32-17-9-21)26-25(30)22-2-10-27(11-3-22)23-4-12-28(13-5-23)24(29)18-20-6-14-31-15-7-20;2-1-3/h19-23H,2-18H2,1H3,(H,26,30);1H,(H,2,3). The van der Waals surface area contributed by atoms with Crippen molar-refractivity contribution in [3.8, 4) is 0 Å². The zero-order valence-corrected chi connectivity index (χ0v) is 21.4. The maximum atomic E-state index is 12.8. The van der Waals surface area contributed by atoms with Gasteiger partial charge in [0, 0.05) is 63.9 Å². The predicted octanol–water partition coefficient (Wildman–Crippen LogP) is 2.14. The van der Waals surface area contributed by atoms with Crippen LogP contribution in [0.2, 0.25) is 0 Å². The zero-order chi connectivity index (χ0) is 25.0. The maximum absolute atomic E-state index is 12.8. The largest absolute Gasteiger partial charge is 0.483 e. The molecule has 0 aromatic heterocycles. The fourth-order valence-electron chi connectivity index (χ4n) is 6.01. The van der Waals surface area contributed by atoms with E-state index in [2.05, 4.69) is 22.0 Å². The molecule has 4 aliphatic heterocycles. The highest BCUT2D eigenvalue weighted by molar-refractivity contribution is 5.79. The summed E-state index contributed by atoms with van der Waals surface area (Å²) in [6.07, 6.45) is 8.89. The molecule has 9 nitrogen and oxygen atoms in total. The Morgan fingerprint density at radius 3 is 2.03 bits per heavy atom. The SMILES string of the molecule is CC(NC(=O)C1CCN(C2CCN(C(=O)CC3CCOCC3)CC2)CC1)C1CCOCC1.O=CO. The van der Waals surface area contributed by atoms with E-state index < -0.39 is 0 Å². The third kappa shape index (κ3) is 8.72. The number of nitrogens with one attached hydrogen (secondary N) is 1. The van der Waals surface area contributed by atoms with Crippen LogP contribution in [0.4, 0.5) is 0 Å². The number of rotatable bonds is 6. The van der Waals surface area contributed by atoms with Crippen LogP contribution in [0.25, 0.3) is 0 Å². The summed E-state index contributed by atoms with van der Waals surface area (Å²) in [5, 5.41) is 10.2. The number of carbonyl (C=O) groups excluding carboxylic acids is 2. The Morgan fingerprint density at radius 2 is 1.46 bits per heavy atom. The van der Waals surface area contributed by atoms with Crippen LogP contribution in [0.15, 0.2) is 0 Å².